The van der Waals surface area contributed by atoms with Gasteiger partial charge < -0.3 is 9.73 Å². The number of fused-ring (bicyclic) bond motifs is 1. The van der Waals surface area contributed by atoms with Crippen LogP contribution in [-0.2, 0) is 6.42 Å². The van der Waals surface area contributed by atoms with Crippen molar-refractivity contribution in [1.29, 1.82) is 0 Å². The van der Waals surface area contributed by atoms with E-state index in [1.807, 2.05) is 50.2 Å². The minimum atomic E-state index is 0.0381. The molecule has 5 heteroatoms. The van der Waals surface area contributed by atoms with E-state index in [0.29, 0.717) is 24.4 Å². The number of ketones is 1. The lowest BCUT2D eigenvalue weighted by atomic mass is 9.84. The minimum Gasteiger partial charge on any atom is -0.469 e. The highest BCUT2D eigenvalue weighted by atomic mass is 16.3. The van der Waals surface area contributed by atoms with Gasteiger partial charge in [0.05, 0.1) is 23.2 Å². The van der Waals surface area contributed by atoms with Crippen molar-refractivity contribution in [2.24, 2.45) is 0 Å². The van der Waals surface area contributed by atoms with E-state index in [0.717, 1.165) is 28.4 Å². The molecule has 0 unspecified atom stereocenters. The van der Waals surface area contributed by atoms with Gasteiger partial charge in [0.25, 0.3) is 0 Å². The summed E-state index contributed by atoms with van der Waals surface area (Å²) in [4.78, 5) is 21.7. The Morgan fingerprint density at radius 3 is 2.76 bits per heavy atom. The van der Waals surface area contributed by atoms with Gasteiger partial charge >= 0.3 is 0 Å². The van der Waals surface area contributed by atoms with E-state index in [-0.39, 0.29) is 11.7 Å². The van der Waals surface area contributed by atoms with Crippen molar-refractivity contribution in [3.05, 3.63) is 70.9 Å². The van der Waals surface area contributed by atoms with Crippen molar-refractivity contribution in [3.8, 4) is 0 Å². The zero-order chi connectivity index (χ0) is 17.4. The zero-order valence-corrected chi connectivity index (χ0v) is 14.2. The lowest BCUT2D eigenvalue weighted by Gasteiger charge is -2.23. The highest BCUT2D eigenvalue weighted by Gasteiger charge is 2.31. The summed E-state index contributed by atoms with van der Waals surface area (Å²) < 4.78 is 5.49. The maximum absolute atomic E-state index is 12.6. The van der Waals surface area contributed by atoms with Gasteiger partial charge in [0.1, 0.15) is 5.76 Å². The van der Waals surface area contributed by atoms with Gasteiger partial charge in [-0.3, -0.25) is 4.79 Å². The van der Waals surface area contributed by atoms with Crippen LogP contribution < -0.4 is 5.32 Å². The molecule has 126 valence electrons. The lowest BCUT2D eigenvalue weighted by molar-refractivity contribution is 0.0958. The number of benzene rings is 1. The van der Waals surface area contributed by atoms with Crippen LogP contribution in [0.2, 0.25) is 0 Å². The number of anilines is 2. The van der Waals surface area contributed by atoms with Crippen molar-refractivity contribution in [3.63, 3.8) is 0 Å². The molecule has 1 atom stereocenters. The fourth-order valence-corrected chi connectivity index (χ4v) is 3.41. The molecule has 2 aromatic heterocycles. The van der Waals surface area contributed by atoms with Crippen LogP contribution in [-0.4, -0.2) is 15.8 Å². The molecule has 1 aliphatic carbocycles. The second-order valence-electron chi connectivity index (χ2n) is 6.49. The molecule has 0 radical (unpaired) electrons. The van der Waals surface area contributed by atoms with E-state index in [1.165, 1.54) is 0 Å². The molecule has 1 aromatic carbocycles. The van der Waals surface area contributed by atoms with Crippen LogP contribution in [0.5, 0.6) is 0 Å². The Balaban J connectivity index is 1.68. The predicted octanol–water partition coefficient (Wildman–Crippen LogP) is 4.34. The lowest BCUT2D eigenvalue weighted by Crippen LogP contribution is -2.22. The number of Topliss-reactive ketones (excluding diaryl/α,β-unsaturated/α-hetero) is 1. The summed E-state index contributed by atoms with van der Waals surface area (Å²) in [5.41, 5.74) is 4.28. The van der Waals surface area contributed by atoms with Gasteiger partial charge in [0.15, 0.2) is 5.78 Å². The van der Waals surface area contributed by atoms with Crippen molar-refractivity contribution >= 4 is 17.4 Å². The molecular formula is C20H19N3O2. The summed E-state index contributed by atoms with van der Waals surface area (Å²) in [5.74, 6) is 1.48. The summed E-state index contributed by atoms with van der Waals surface area (Å²) in [6, 6.07) is 11.8. The molecule has 1 aliphatic rings. The van der Waals surface area contributed by atoms with Crippen molar-refractivity contribution < 1.29 is 9.21 Å². The van der Waals surface area contributed by atoms with Gasteiger partial charge in [0, 0.05) is 24.4 Å². The number of nitrogens with zero attached hydrogens (tertiary/aromatic N) is 2. The number of rotatable bonds is 3. The van der Waals surface area contributed by atoms with Gasteiger partial charge in [-0.15, -0.1) is 0 Å². The average molecular weight is 333 g/mol. The number of carbonyl (C=O) groups is 1. The number of nitrogens with one attached hydrogen (secondary N) is 1. The first-order valence-corrected chi connectivity index (χ1v) is 8.38. The van der Waals surface area contributed by atoms with E-state index in [2.05, 4.69) is 15.3 Å². The Morgan fingerprint density at radius 2 is 2.00 bits per heavy atom. The van der Waals surface area contributed by atoms with E-state index in [1.54, 1.807) is 6.26 Å². The Kier molecular flexibility index (Phi) is 3.84. The maximum Gasteiger partial charge on any atom is 0.227 e. The van der Waals surface area contributed by atoms with Gasteiger partial charge in [-0.2, -0.15) is 0 Å². The van der Waals surface area contributed by atoms with Crippen molar-refractivity contribution in [2.75, 3.05) is 5.32 Å². The van der Waals surface area contributed by atoms with Crippen LogP contribution in [0, 0.1) is 13.8 Å². The summed E-state index contributed by atoms with van der Waals surface area (Å²) >= 11 is 0. The van der Waals surface area contributed by atoms with Gasteiger partial charge in [-0.1, -0.05) is 12.1 Å². The molecule has 3 aromatic rings. The smallest absolute Gasteiger partial charge is 0.227 e. The number of hydrogen-bond donors (Lipinski definition) is 1. The minimum absolute atomic E-state index is 0.0381. The highest BCUT2D eigenvalue weighted by molar-refractivity contribution is 5.99. The van der Waals surface area contributed by atoms with Gasteiger partial charge in [-0.25, -0.2) is 9.97 Å². The van der Waals surface area contributed by atoms with Crippen LogP contribution in [0.4, 0.5) is 11.6 Å². The normalized spacial score (nSPS) is 16.6. The molecule has 5 nitrogen and oxygen atoms in total. The van der Waals surface area contributed by atoms with Crippen LogP contribution in [0.25, 0.3) is 0 Å². The maximum atomic E-state index is 12.6. The second-order valence-corrected chi connectivity index (χ2v) is 6.49. The van der Waals surface area contributed by atoms with Crippen LogP contribution >= 0.6 is 0 Å². The largest absolute Gasteiger partial charge is 0.469 e. The highest BCUT2D eigenvalue weighted by Crippen LogP contribution is 2.33. The monoisotopic (exact) mass is 333 g/mol. The average Bonchev–Trinajstić information content (AvgIpc) is 3.08. The Bertz CT molecular complexity index is 932. The molecule has 0 bridgehead atoms. The fourth-order valence-electron chi connectivity index (χ4n) is 3.41. The van der Waals surface area contributed by atoms with E-state index < -0.39 is 0 Å². The molecule has 4 rings (SSSR count). The first-order chi connectivity index (χ1) is 12.1. The topological polar surface area (TPSA) is 68.0 Å². The summed E-state index contributed by atoms with van der Waals surface area (Å²) in [6.45, 7) is 3.91. The summed E-state index contributed by atoms with van der Waals surface area (Å²) in [6.07, 6.45) is 2.76. The summed E-state index contributed by atoms with van der Waals surface area (Å²) in [5, 5.41) is 3.24. The standard InChI is InChI=1S/C20H19N3O2/c1-12-5-3-6-15(9-12)22-20-21-13(2)19-16(23-20)10-14(11-17(19)24)18-7-4-8-25-18/h3-9,14H,10-11H2,1-2H3,(H,21,22,23)/t14-/m0/s1. The fraction of sp³-hybridized carbons (Fsp3) is 0.250. The quantitative estimate of drug-likeness (QED) is 0.772. The predicted molar refractivity (Wildman–Crippen MR) is 95.3 cm³/mol. The van der Waals surface area contributed by atoms with E-state index >= 15 is 0 Å². The van der Waals surface area contributed by atoms with Crippen molar-refractivity contribution in [2.45, 2.75) is 32.6 Å². The molecule has 25 heavy (non-hydrogen) atoms. The molecule has 0 saturated heterocycles. The van der Waals surface area contributed by atoms with Crippen molar-refractivity contribution in [1.82, 2.24) is 9.97 Å². The third kappa shape index (κ3) is 3.05. The Hall–Kier alpha value is -2.95. The van der Waals surface area contributed by atoms with Gasteiger partial charge in [0.2, 0.25) is 5.95 Å². The molecule has 2 heterocycles. The first-order valence-electron chi connectivity index (χ1n) is 8.38. The number of furan rings is 1. The van der Waals surface area contributed by atoms with E-state index in [9.17, 15) is 4.79 Å². The Labute approximate surface area is 146 Å². The molecule has 0 aliphatic heterocycles. The molecule has 0 amide bonds. The number of aryl methyl sites for hydroxylation is 2. The zero-order valence-electron chi connectivity index (χ0n) is 14.2. The third-order valence-corrected chi connectivity index (χ3v) is 4.53. The number of hydrogen-bond acceptors (Lipinski definition) is 5. The number of aromatic nitrogens is 2. The molecule has 1 N–H and O–H groups in total. The molecular weight excluding hydrogens is 314 g/mol. The number of carbonyl (C=O) groups excluding carboxylic acids is 1. The molecule has 0 fully saturated rings. The van der Waals surface area contributed by atoms with Crippen LogP contribution in [0.3, 0.4) is 0 Å². The molecule has 0 spiro atoms. The summed E-state index contributed by atoms with van der Waals surface area (Å²) in [7, 11) is 0. The van der Waals surface area contributed by atoms with Crippen LogP contribution in [0.15, 0.2) is 47.1 Å². The first kappa shape index (κ1) is 15.6. The van der Waals surface area contributed by atoms with E-state index in [4.69, 9.17) is 4.42 Å². The Morgan fingerprint density at radius 1 is 1.12 bits per heavy atom. The van der Waals surface area contributed by atoms with Gasteiger partial charge in [-0.05, 0) is 43.7 Å². The SMILES string of the molecule is Cc1cccc(Nc2nc(C)c3c(n2)C[C@H](c2ccco2)CC3=O)c1. The third-order valence-electron chi connectivity index (χ3n) is 4.53. The second kappa shape index (κ2) is 6.16. The van der Waals surface area contributed by atoms with Crippen LogP contribution in [0.1, 0.15) is 45.4 Å². The molecule has 0 saturated carbocycles.